The highest BCUT2D eigenvalue weighted by Gasteiger charge is 2.11. The van der Waals surface area contributed by atoms with Crippen molar-refractivity contribution in [1.82, 2.24) is 15.0 Å². The molecule has 0 fully saturated rings. The molecule has 0 aliphatic heterocycles. The number of aryl methyl sites for hydroxylation is 1. The van der Waals surface area contributed by atoms with E-state index in [-0.39, 0.29) is 6.03 Å². The predicted molar refractivity (Wildman–Crippen MR) is 97.1 cm³/mol. The zero-order valence-corrected chi connectivity index (χ0v) is 14.2. The molecule has 7 heteroatoms. The van der Waals surface area contributed by atoms with Crippen LogP contribution in [0.5, 0.6) is 0 Å². The first-order valence-electron chi connectivity index (χ1n) is 7.39. The minimum atomic E-state index is -0.383. The van der Waals surface area contributed by atoms with Crippen LogP contribution in [0.1, 0.15) is 17.0 Å². The molecule has 3 rings (SSSR count). The third-order valence-electron chi connectivity index (χ3n) is 3.48. The summed E-state index contributed by atoms with van der Waals surface area (Å²) in [4.78, 5) is 16.1. The van der Waals surface area contributed by atoms with Crippen LogP contribution in [-0.2, 0) is 0 Å². The topological polar surface area (TPSA) is 71.3 Å². The van der Waals surface area contributed by atoms with Crippen LogP contribution in [0.3, 0.4) is 0 Å². The monoisotopic (exact) mass is 339 g/mol. The molecule has 24 heavy (non-hydrogen) atoms. The van der Waals surface area contributed by atoms with Gasteiger partial charge >= 0.3 is 6.03 Å². The van der Waals surface area contributed by atoms with Crippen LogP contribution < -0.4 is 10.7 Å². The summed E-state index contributed by atoms with van der Waals surface area (Å²) in [5.74, 6) is 0. The Hall–Kier alpha value is -2.93. The number of amides is 2. The summed E-state index contributed by atoms with van der Waals surface area (Å²) in [6.07, 6.45) is 3.42. The van der Waals surface area contributed by atoms with Gasteiger partial charge in [0.15, 0.2) is 5.13 Å². The number of hydrazone groups is 1. The van der Waals surface area contributed by atoms with Crippen LogP contribution in [-0.4, -0.2) is 21.8 Å². The van der Waals surface area contributed by atoms with E-state index in [0.29, 0.717) is 5.69 Å². The van der Waals surface area contributed by atoms with Crippen LogP contribution in [0.4, 0.5) is 10.5 Å². The van der Waals surface area contributed by atoms with Crippen LogP contribution >= 0.6 is 11.3 Å². The number of hydrogen-bond acceptors (Lipinski definition) is 4. The van der Waals surface area contributed by atoms with Crippen molar-refractivity contribution in [2.75, 3.05) is 5.32 Å². The molecule has 2 N–H and O–H groups in total. The third kappa shape index (κ3) is 3.52. The van der Waals surface area contributed by atoms with Crippen LogP contribution in [0.15, 0.2) is 53.1 Å². The summed E-state index contributed by atoms with van der Waals surface area (Å²) >= 11 is 1.58. The first-order valence-corrected chi connectivity index (χ1v) is 8.27. The molecule has 2 heterocycles. The lowest BCUT2D eigenvalue weighted by atomic mass is 10.3. The molecule has 0 saturated carbocycles. The van der Waals surface area contributed by atoms with Gasteiger partial charge in [0.1, 0.15) is 0 Å². The van der Waals surface area contributed by atoms with Crippen LogP contribution in [0, 0.1) is 13.8 Å². The summed E-state index contributed by atoms with van der Waals surface area (Å²) in [5.41, 5.74) is 6.21. The highest BCUT2D eigenvalue weighted by Crippen LogP contribution is 2.21. The predicted octanol–water partition coefficient (Wildman–Crippen LogP) is 3.71. The Morgan fingerprint density at radius 3 is 2.79 bits per heavy atom. The van der Waals surface area contributed by atoms with Gasteiger partial charge in [0.05, 0.1) is 6.21 Å². The van der Waals surface area contributed by atoms with Crippen molar-refractivity contribution in [1.29, 1.82) is 0 Å². The lowest BCUT2D eigenvalue weighted by Gasteiger charge is -2.04. The number of carbonyl (C=O) groups excluding carboxylic acids is 1. The smallest absolute Gasteiger partial charge is 0.307 e. The number of para-hydroxylation sites is 1. The maximum absolute atomic E-state index is 11.8. The van der Waals surface area contributed by atoms with Crippen LogP contribution in [0.2, 0.25) is 0 Å². The third-order valence-corrected chi connectivity index (χ3v) is 4.24. The van der Waals surface area contributed by atoms with E-state index in [1.54, 1.807) is 23.7 Å². The number of aromatic nitrogens is 2. The van der Waals surface area contributed by atoms with Gasteiger partial charge in [-0.2, -0.15) is 5.10 Å². The van der Waals surface area contributed by atoms with E-state index in [4.69, 9.17) is 0 Å². The number of carbonyl (C=O) groups is 1. The highest BCUT2D eigenvalue weighted by molar-refractivity contribution is 7.12. The van der Waals surface area contributed by atoms with Gasteiger partial charge in [-0.15, -0.1) is 11.3 Å². The Morgan fingerprint density at radius 1 is 1.29 bits per heavy atom. The highest BCUT2D eigenvalue weighted by atomic mass is 32.1. The number of nitrogens with one attached hydrogen (secondary N) is 2. The molecule has 0 atom stereocenters. The van der Waals surface area contributed by atoms with Crippen molar-refractivity contribution < 1.29 is 4.79 Å². The van der Waals surface area contributed by atoms with Crippen molar-refractivity contribution in [3.63, 3.8) is 0 Å². The van der Waals surface area contributed by atoms with Gasteiger partial charge in [-0.1, -0.05) is 18.2 Å². The number of benzene rings is 1. The molecule has 0 spiro atoms. The normalized spacial score (nSPS) is 10.9. The second-order valence-corrected chi connectivity index (χ2v) is 6.04. The maximum Gasteiger partial charge on any atom is 0.339 e. The van der Waals surface area contributed by atoms with Crippen molar-refractivity contribution in [2.45, 2.75) is 13.8 Å². The minimum absolute atomic E-state index is 0.383. The fraction of sp³-hybridized carbons (Fsp3) is 0.118. The molecule has 0 unspecified atom stereocenters. The van der Waals surface area contributed by atoms with Crippen LogP contribution in [0.25, 0.3) is 5.13 Å². The van der Waals surface area contributed by atoms with Crippen molar-refractivity contribution in [2.24, 2.45) is 5.10 Å². The summed E-state index contributed by atoms with van der Waals surface area (Å²) < 4.78 is 2.07. The fourth-order valence-electron chi connectivity index (χ4n) is 2.38. The van der Waals surface area contributed by atoms with Gasteiger partial charge in [0.25, 0.3) is 0 Å². The Balaban J connectivity index is 1.67. The quantitative estimate of drug-likeness (QED) is 0.562. The van der Waals surface area contributed by atoms with Gasteiger partial charge < -0.3 is 5.32 Å². The van der Waals surface area contributed by atoms with E-state index in [1.165, 1.54) is 0 Å². The molecule has 0 bridgehead atoms. The van der Waals surface area contributed by atoms with E-state index in [0.717, 1.165) is 22.1 Å². The van der Waals surface area contributed by atoms with Gasteiger partial charge in [0.2, 0.25) is 0 Å². The molecule has 0 radical (unpaired) electrons. The van der Waals surface area contributed by atoms with Crippen molar-refractivity contribution >= 4 is 29.3 Å². The van der Waals surface area contributed by atoms with E-state index >= 15 is 0 Å². The standard InChI is InChI=1S/C17H17N5OS/c1-12-10-14(13(2)22(12)17-18-8-9-24-17)11-19-21-16(23)20-15-6-4-3-5-7-15/h3-11H,1-2H3,(H2,20,21,23)/b19-11-. The number of hydrogen-bond donors (Lipinski definition) is 2. The molecule has 6 nitrogen and oxygen atoms in total. The summed E-state index contributed by atoms with van der Waals surface area (Å²) in [7, 11) is 0. The average molecular weight is 339 g/mol. The summed E-state index contributed by atoms with van der Waals surface area (Å²) in [6.45, 7) is 4.01. The van der Waals surface area contributed by atoms with E-state index in [9.17, 15) is 4.79 Å². The Bertz CT molecular complexity index is 853. The molecule has 0 aliphatic rings. The maximum atomic E-state index is 11.8. The number of anilines is 1. The molecular weight excluding hydrogens is 322 g/mol. The Morgan fingerprint density at radius 2 is 2.08 bits per heavy atom. The zero-order chi connectivity index (χ0) is 16.9. The molecule has 3 aromatic rings. The lowest BCUT2D eigenvalue weighted by Crippen LogP contribution is -2.24. The molecule has 2 amide bonds. The van der Waals surface area contributed by atoms with Gasteiger partial charge in [-0.3, -0.25) is 4.57 Å². The number of urea groups is 1. The van der Waals surface area contributed by atoms with E-state index in [1.807, 2.05) is 55.6 Å². The molecule has 0 saturated heterocycles. The summed E-state index contributed by atoms with van der Waals surface area (Å²) in [5, 5.41) is 9.58. The van der Waals surface area contributed by atoms with E-state index in [2.05, 4.69) is 25.4 Å². The first-order chi connectivity index (χ1) is 11.6. The molecular formula is C17H17N5OS. The zero-order valence-electron chi connectivity index (χ0n) is 13.4. The molecule has 2 aromatic heterocycles. The molecule has 122 valence electrons. The SMILES string of the molecule is Cc1cc(/C=N\NC(=O)Nc2ccccc2)c(C)n1-c1nccs1. The Kier molecular flexibility index (Phi) is 4.72. The Labute approximate surface area is 143 Å². The van der Waals surface area contributed by atoms with Crippen molar-refractivity contribution in [3.8, 4) is 5.13 Å². The lowest BCUT2D eigenvalue weighted by molar-refractivity contribution is 0.252. The number of nitrogens with zero attached hydrogens (tertiary/aromatic N) is 3. The number of rotatable bonds is 4. The largest absolute Gasteiger partial charge is 0.339 e. The second kappa shape index (κ2) is 7.10. The van der Waals surface area contributed by atoms with Gasteiger partial charge in [-0.05, 0) is 32.0 Å². The minimum Gasteiger partial charge on any atom is -0.307 e. The fourth-order valence-corrected chi connectivity index (χ4v) is 3.13. The van der Waals surface area contributed by atoms with Gasteiger partial charge in [0, 0.05) is 34.2 Å². The van der Waals surface area contributed by atoms with Gasteiger partial charge in [-0.25, -0.2) is 15.2 Å². The average Bonchev–Trinajstić information content (AvgIpc) is 3.17. The molecule has 1 aromatic carbocycles. The molecule has 0 aliphatic carbocycles. The number of thiazole rings is 1. The summed E-state index contributed by atoms with van der Waals surface area (Å²) in [6, 6.07) is 10.8. The van der Waals surface area contributed by atoms with Crippen molar-refractivity contribution in [3.05, 3.63) is 64.9 Å². The van der Waals surface area contributed by atoms with E-state index < -0.39 is 0 Å². The first kappa shape index (κ1) is 15.9. The second-order valence-electron chi connectivity index (χ2n) is 5.17.